The van der Waals surface area contributed by atoms with E-state index in [0.29, 0.717) is 0 Å². The molecular formula is C12H10BrFOS. The van der Waals surface area contributed by atoms with Crippen LogP contribution >= 0.6 is 27.3 Å². The lowest BCUT2D eigenvalue weighted by atomic mass is 10.0. The van der Waals surface area contributed by atoms with Gasteiger partial charge in [-0.3, -0.25) is 0 Å². The van der Waals surface area contributed by atoms with Crippen LogP contribution in [0.15, 0.2) is 34.1 Å². The minimum Gasteiger partial charge on any atom is -0.383 e. The minimum absolute atomic E-state index is 0.277. The van der Waals surface area contributed by atoms with Crippen molar-refractivity contribution in [1.82, 2.24) is 0 Å². The third-order valence-corrected chi connectivity index (χ3v) is 4.07. The van der Waals surface area contributed by atoms with Crippen molar-refractivity contribution in [3.63, 3.8) is 0 Å². The van der Waals surface area contributed by atoms with Crippen LogP contribution in [0.3, 0.4) is 0 Å². The number of halogens is 2. The van der Waals surface area contributed by atoms with Gasteiger partial charge in [-0.25, -0.2) is 4.39 Å². The number of benzene rings is 1. The highest BCUT2D eigenvalue weighted by Crippen LogP contribution is 2.32. The Bertz CT molecular complexity index is 509. The van der Waals surface area contributed by atoms with E-state index in [4.69, 9.17) is 0 Å². The van der Waals surface area contributed by atoms with Crippen molar-refractivity contribution in [2.24, 2.45) is 0 Å². The Labute approximate surface area is 106 Å². The van der Waals surface area contributed by atoms with Crippen LogP contribution in [0.25, 0.3) is 0 Å². The molecule has 1 nitrogen and oxygen atoms in total. The molecule has 4 heteroatoms. The zero-order chi connectivity index (χ0) is 11.7. The lowest BCUT2D eigenvalue weighted by molar-refractivity contribution is 0.223. The van der Waals surface area contributed by atoms with Gasteiger partial charge in [0.1, 0.15) is 11.9 Å². The van der Waals surface area contributed by atoms with Crippen molar-refractivity contribution in [3.8, 4) is 0 Å². The summed E-state index contributed by atoms with van der Waals surface area (Å²) in [7, 11) is 0. The van der Waals surface area contributed by atoms with Gasteiger partial charge in [0, 0.05) is 4.88 Å². The van der Waals surface area contributed by atoms with E-state index in [1.54, 1.807) is 13.0 Å². The van der Waals surface area contributed by atoms with Crippen molar-refractivity contribution in [3.05, 3.63) is 55.9 Å². The molecule has 0 fully saturated rings. The second-order valence-corrected chi connectivity index (χ2v) is 6.04. The summed E-state index contributed by atoms with van der Waals surface area (Å²) in [6.45, 7) is 1.80. The highest BCUT2D eigenvalue weighted by Gasteiger charge is 2.15. The smallest absolute Gasteiger partial charge is 0.123 e. The van der Waals surface area contributed by atoms with Crippen LogP contribution in [-0.4, -0.2) is 5.11 Å². The predicted molar refractivity (Wildman–Crippen MR) is 67.2 cm³/mol. The van der Waals surface area contributed by atoms with E-state index in [1.807, 2.05) is 12.1 Å². The zero-order valence-corrected chi connectivity index (χ0v) is 11.0. The van der Waals surface area contributed by atoms with Crippen molar-refractivity contribution in [2.75, 3.05) is 0 Å². The van der Waals surface area contributed by atoms with Crippen molar-refractivity contribution in [1.29, 1.82) is 0 Å². The first-order valence-electron chi connectivity index (χ1n) is 4.77. The van der Waals surface area contributed by atoms with Gasteiger partial charge >= 0.3 is 0 Å². The van der Waals surface area contributed by atoms with Gasteiger partial charge in [0.05, 0.1) is 3.79 Å². The Kier molecular flexibility index (Phi) is 3.42. The maximum Gasteiger partial charge on any atom is 0.123 e. The van der Waals surface area contributed by atoms with Gasteiger partial charge in [0.25, 0.3) is 0 Å². The van der Waals surface area contributed by atoms with E-state index in [1.165, 1.54) is 23.5 Å². The Hall–Kier alpha value is -0.710. The third kappa shape index (κ3) is 2.34. The molecule has 0 aliphatic carbocycles. The Balaban J connectivity index is 2.37. The van der Waals surface area contributed by atoms with E-state index in [2.05, 4.69) is 15.9 Å². The molecule has 1 aromatic carbocycles. The van der Waals surface area contributed by atoms with Crippen LogP contribution in [0.2, 0.25) is 0 Å². The van der Waals surface area contributed by atoms with Gasteiger partial charge in [0.15, 0.2) is 0 Å². The molecular weight excluding hydrogens is 291 g/mol. The van der Waals surface area contributed by atoms with Crippen LogP contribution in [0.5, 0.6) is 0 Å². The standard InChI is InChI=1S/C12H10BrFOS/c1-7-6-8(14)2-3-9(7)12(15)10-4-5-11(13)16-10/h2-6,12,15H,1H3. The van der Waals surface area contributed by atoms with E-state index < -0.39 is 6.10 Å². The second kappa shape index (κ2) is 4.65. The maximum atomic E-state index is 12.9. The summed E-state index contributed by atoms with van der Waals surface area (Å²) in [4.78, 5) is 0.849. The molecule has 2 aromatic rings. The predicted octanol–water partition coefficient (Wildman–Crippen LogP) is 4.04. The SMILES string of the molecule is Cc1cc(F)ccc1C(O)c1ccc(Br)s1. The molecule has 2 rings (SSSR count). The Morgan fingerprint density at radius 1 is 1.31 bits per heavy atom. The first-order chi connectivity index (χ1) is 7.58. The molecule has 1 N–H and O–H groups in total. The summed E-state index contributed by atoms with van der Waals surface area (Å²) in [6, 6.07) is 8.18. The van der Waals surface area contributed by atoms with E-state index in [0.717, 1.165) is 19.8 Å². The highest BCUT2D eigenvalue weighted by molar-refractivity contribution is 9.11. The van der Waals surface area contributed by atoms with Gasteiger partial charge in [-0.05, 0) is 58.2 Å². The molecule has 1 aromatic heterocycles. The molecule has 16 heavy (non-hydrogen) atoms. The average Bonchev–Trinajstić information content (AvgIpc) is 2.64. The summed E-state index contributed by atoms with van der Waals surface area (Å²) in [5.74, 6) is -0.277. The van der Waals surface area contributed by atoms with Crippen LogP contribution < -0.4 is 0 Å². The van der Waals surface area contributed by atoms with Crippen LogP contribution in [0, 0.1) is 12.7 Å². The van der Waals surface area contributed by atoms with Gasteiger partial charge in [-0.2, -0.15) is 0 Å². The highest BCUT2D eigenvalue weighted by atomic mass is 79.9. The Morgan fingerprint density at radius 3 is 2.62 bits per heavy atom. The van der Waals surface area contributed by atoms with Crippen LogP contribution in [0.1, 0.15) is 22.1 Å². The molecule has 1 unspecified atom stereocenters. The monoisotopic (exact) mass is 300 g/mol. The maximum absolute atomic E-state index is 12.9. The fraction of sp³-hybridized carbons (Fsp3) is 0.167. The number of thiophene rings is 1. The lowest BCUT2D eigenvalue weighted by Gasteiger charge is -2.11. The number of hydrogen-bond donors (Lipinski definition) is 1. The fourth-order valence-corrected chi connectivity index (χ4v) is 3.00. The molecule has 84 valence electrons. The number of aliphatic hydroxyl groups excluding tert-OH is 1. The summed E-state index contributed by atoms with van der Waals surface area (Å²) in [5, 5.41) is 10.1. The largest absolute Gasteiger partial charge is 0.383 e. The Morgan fingerprint density at radius 2 is 2.06 bits per heavy atom. The van der Waals surface area contributed by atoms with Crippen molar-refractivity contribution >= 4 is 27.3 Å². The number of rotatable bonds is 2. The molecule has 0 aliphatic rings. The molecule has 0 bridgehead atoms. The molecule has 1 heterocycles. The number of aliphatic hydroxyl groups is 1. The minimum atomic E-state index is -0.683. The van der Waals surface area contributed by atoms with Gasteiger partial charge < -0.3 is 5.11 Å². The molecule has 1 atom stereocenters. The van der Waals surface area contributed by atoms with Crippen molar-refractivity contribution in [2.45, 2.75) is 13.0 Å². The summed E-state index contributed by atoms with van der Waals surface area (Å²) < 4.78 is 13.9. The number of aryl methyl sites for hydroxylation is 1. The van der Waals surface area contributed by atoms with E-state index in [9.17, 15) is 9.50 Å². The first kappa shape index (κ1) is 11.8. The second-order valence-electron chi connectivity index (χ2n) is 3.55. The van der Waals surface area contributed by atoms with E-state index >= 15 is 0 Å². The molecule has 0 amide bonds. The average molecular weight is 301 g/mol. The van der Waals surface area contributed by atoms with E-state index in [-0.39, 0.29) is 5.82 Å². The van der Waals surface area contributed by atoms with Crippen LogP contribution in [0.4, 0.5) is 4.39 Å². The van der Waals surface area contributed by atoms with Gasteiger partial charge in [-0.15, -0.1) is 11.3 Å². The normalized spacial score (nSPS) is 12.8. The molecule has 0 aliphatic heterocycles. The molecule has 0 saturated carbocycles. The molecule has 0 radical (unpaired) electrons. The zero-order valence-electron chi connectivity index (χ0n) is 8.58. The first-order valence-corrected chi connectivity index (χ1v) is 6.38. The summed E-state index contributed by atoms with van der Waals surface area (Å²) in [5.41, 5.74) is 1.51. The van der Waals surface area contributed by atoms with Gasteiger partial charge in [0.2, 0.25) is 0 Å². The van der Waals surface area contributed by atoms with Gasteiger partial charge in [-0.1, -0.05) is 6.07 Å². The lowest BCUT2D eigenvalue weighted by Crippen LogP contribution is -2.00. The van der Waals surface area contributed by atoms with Crippen molar-refractivity contribution < 1.29 is 9.50 Å². The number of hydrogen-bond acceptors (Lipinski definition) is 2. The summed E-state index contributed by atoms with van der Waals surface area (Å²) >= 11 is 4.83. The molecule has 0 spiro atoms. The fourth-order valence-electron chi connectivity index (χ4n) is 1.57. The van der Waals surface area contributed by atoms with Crippen LogP contribution in [-0.2, 0) is 0 Å². The molecule has 0 saturated heterocycles. The quantitative estimate of drug-likeness (QED) is 0.887. The third-order valence-electron chi connectivity index (χ3n) is 2.39. The topological polar surface area (TPSA) is 20.2 Å². The summed E-state index contributed by atoms with van der Waals surface area (Å²) in [6.07, 6.45) is -0.683.